The molecule has 0 spiro atoms. The van der Waals surface area contributed by atoms with Crippen molar-refractivity contribution in [2.75, 3.05) is 0 Å². The Morgan fingerprint density at radius 1 is 1.25 bits per heavy atom. The quantitative estimate of drug-likeness (QED) is 0.613. The van der Waals surface area contributed by atoms with Gasteiger partial charge in [0.05, 0.1) is 0 Å². The predicted molar refractivity (Wildman–Crippen MR) is 55.6 cm³/mol. The summed E-state index contributed by atoms with van der Waals surface area (Å²) in [7, 11) is 0. The maximum atomic E-state index is 2.38. The van der Waals surface area contributed by atoms with Crippen LogP contribution in [-0.4, -0.2) is 20.4 Å². The first kappa shape index (κ1) is 10.1. The first-order valence-corrected chi connectivity index (χ1v) is 6.68. The van der Waals surface area contributed by atoms with E-state index >= 15 is 0 Å². The zero-order valence-electron chi connectivity index (χ0n) is 8.09. The molecule has 1 atom stereocenters. The van der Waals surface area contributed by atoms with Crippen LogP contribution in [0.25, 0.3) is 0 Å². The second-order valence-electron chi connectivity index (χ2n) is 3.54. The van der Waals surface area contributed by atoms with Gasteiger partial charge in [0.15, 0.2) is 0 Å². The average Bonchev–Trinajstić information content (AvgIpc) is 2.16. The lowest BCUT2D eigenvalue weighted by Gasteiger charge is -2.04. The van der Waals surface area contributed by atoms with Crippen LogP contribution in [0.4, 0.5) is 0 Å². The van der Waals surface area contributed by atoms with Crippen LogP contribution in [0.5, 0.6) is 0 Å². The van der Waals surface area contributed by atoms with Gasteiger partial charge >= 0.3 is 20.4 Å². The van der Waals surface area contributed by atoms with Crippen molar-refractivity contribution in [3.05, 3.63) is 35.9 Å². The molecule has 0 saturated heterocycles. The molecule has 62 valence electrons. The molecule has 1 rings (SSSR count). The minimum atomic E-state index is 0.137. The van der Waals surface area contributed by atoms with E-state index < -0.39 is 0 Å². The van der Waals surface area contributed by atoms with Crippen LogP contribution in [0.1, 0.15) is 25.8 Å². The van der Waals surface area contributed by atoms with Crippen LogP contribution in [0.2, 0.25) is 4.05 Å². The van der Waals surface area contributed by atoms with Crippen molar-refractivity contribution in [1.29, 1.82) is 0 Å². The van der Waals surface area contributed by atoms with Gasteiger partial charge in [-0.3, -0.25) is 0 Å². The Balaban J connectivity index is 2.33. The summed E-state index contributed by atoms with van der Waals surface area (Å²) in [5.41, 5.74) is 1.53. The zero-order chi connectivity index (χ0) is 8.81. The molecule has 0 N–H and O–H groups in total. The van der Waals surface area contributed by atoms with E-state index in [9.17, 15) is 0 Å². The molecule has 0 radical (unpaired) electrons. The lowest BCUT2D eigenvalue weighted by atomic mass is 10.2. The monoisotopic (exact) mass is 172 g/mol. The van der Waals surface area contributed by atoms with Crippen LogP contribution in [0.3, 0.4) is 0 Å². The SMILES string of the molecule is CC[CH](C)[Mg][CH2]c1ccccc1. The molecule has 0 aliphatic heterocycles. The van der Waals surface area contributed by atoms with Gasteiger partial charge in [-0.25, -0.2) is 0 Å². The molecule has 0 aromatic heterocycles. The van der Waals surface area contributed by atoms with Gasteiger partial charge < -0.3 is 0 Å². The fourth-order valence-electron chi connectivity index (χ4n) is 1.26. The molecule has 0 fully saturated rings. The molecule has 0 bridgehead atoms. The Labute approximate surface area is 85.1 Å². The third kappa shape index (κ3) is 3.59. The second kappa shape index (κ2) is 5.60. The number of hydrogen-bond donors (Lipinski definition) is 0. The van der Waals surface area contributed by atoms with E-state index in [0.29, 0.717) is 0 Å². The minimum Gasteiger partial charge on any atom is -0.137 e. The summed E-state index contributed by atoms with van der Waals surface area (Å²) in [6.07, 6.45) is 1.36. The van der Waals surface area contributed by atoms with Crippen molar-refractivity contribution in [3.63, 3.8) is 0 Å². The third-order valence-electron chi connectivity index (χ3n) is 2.47. The smallest absolute Gasteiger partial charge is 0.137 e. The summed E-state index contributed by atoms with van der Waals surface area (Å²) < 4.78 is 2.38. The van der Waals surface area contributed by atoms with E-state index in [0.717, 1.165) is 4.05 Å². The molecule has 0 aliphatic carbocycles. The van der Waals surface area contributed by atoms with Gasteiger partial charge in [-0.05, 0) is 0 Å². The van der Waals surface area contributed by atoms with Gasteiger partial charge in [0.25, 0.3) is 0 Å². The van der Waals surface area contributed by atoms with E-state index in [2.05, 4.69) is 44.2 Å². The molecule has 1 unspecified atom stereocenters. The summed E-state index contributed by atoms with van der Waals surface area (Å²) in [4.78, 5) is 0. The minimum absolute atomic E-state index is 0.137. The molecular formula is C11H16Mg. The van der Waals surface area contributed by atoms with E-state index in [1.54, 1.807) is 0 Å². The van der Waals surface area contributed by atoms with Gasteiger partial charge in [0, 0.05) is 0 Å². The first-order valence-electron chi connectivity index (χ1n) is 4.87. The largest absolute Gasteiger partial charge is 0.374 e. The molecule has 1 heteroatoms. The Hall–Kier alpha value is -0.0138. The van der Waals surface area contributed by atoms with Crippen molar-refractivity contribution in [2.24, 2.45) is 0 Å². The molecule has 0 aliphatic rings. The highest BCUT2D eigenvalue weighted by atomic mass is 24.5. The second-order valence-corrected chi connectivity index (χ2v) is 6.01. The van der Waals surface area contributed by atoms with Gasteiger partial charge in [-0.1, -0.05) is 56.2 Å². The average molecular weight is 173 g/mol. The molecule has 0 heterocycles. The Kier molecular flexibility index (Phi) is 4.70. The topological polar surface area (TPSA) is 0 Å². The maximum absolute atomic E-state index is 2.38. The third-order valence-corrected chi connectivity index (χ3v) is 4.89. The molecule has 12 heavy (non-hydrogen) atoms. The van der Waals surface area contributed by atoms with Crippen LogP contribution in [-0.2, 0) is 4.55 Å². The van der Waals surface area contributed by atoms with Crippen molar-refractivity contribution >= 4 is 20.4 Å². The highest BCUT2D eigenvalue weighted by molar-refractivity contribution is 6.36. The van der Waals surface area contributed by atoms with E-state index in [-0.39, 0.29) is 20.4 Å². The van der Waals surface area contributed by atoms with Gasteiger partial charge in [0.1, 0.15) is 0 Å². The van der Waals surface area contributed by atoms with Crippen LogP contribution >= 0.6 is 0 Å². The lowest BCUT2D eigenvalue weighted by molar-refractivity contribution is 0.864. The van der Waals surface area contributed by atoms with E-state index in [1.165, 1.54) is 16.5 Å². The van der Waals surface area contributed by atoms with Crippen molar-refractivity contribution in [3.8, 4) is 0 Å². The number of rotatable bonds is 4. The fraction of sp³-hybridized carbons (Fsp3) is 0.455. The molecule has 1 aromatic carbocycles. The number of hydrogen-bond acceptors (Lipinski definition) is 0. The zero-order valence-corrected chi connectivity index (χ0v) is 9.50. The first-order chi connectivity index (χ1) is 5.83. The van der Waals surface area contributed by atoms with E-state index in [4.69, 9.17) is 0 Å². The lowest BCUT2D eigenvalue weighted by Crippen LogP contribution is -2.02. The Morgan fingerprint density at radius 3 is 2.50 bits per heavy atom. The van der Waals surface area contributed by atoms with Crippen LogP contribution in [0, 0.1) is 0 Å². The van der Waals surface area contributed by atoms with Crippen LogP contribution in [0.15, 0.2) is 30.3 Å². The van der Waals surface area contributed by atoms with Gasteiger partial charge in [0.2, 0.25) is 0 Å². The predicted octanol–water partition coefficient (Wildman–Crippen LogP) is 3.11. The fourth-order valence-corrected chi connectivity index (χ4v) is 2.83. The molecule has 0 amide bonds. The number of benzene rings is 1. The summed E-state index contributed by atoms with van der Waals surface area (Å²) in [5, 5.41) is 0. The molecular weight excluding hydrogens is 156 g/mol. The Bertz CT molecular complexity index is 206. The summed E-state index contributed by atoms with van der Waals surface area (Å²) >= 11 is 0.137. The molecule has 0 saturated carbocycles. The highest BCUT2D eigenvalue weighted by Crippen LogP contribution is 2.09. The standard InChI is InChI=1S/C7H7.C4H9.Mg/c1-7-5-3-2-4-6-7;1-3-4-2;/h2-6H,1H2;3H,4H2,1-2H3;. The molecule has 1 aromatic rings. The summed E-state index contributed by atoms with van der Waals surface area (Å²) in [6.45, 7) is 4.68. The van der Waals surface area contributed by atoms with Crippen LogP contribution < -0.4 is 0 Å². The maximum Gasteiger partial charge on any atom is 0.374 e. The van der Waals surface area contributed by atoms with Crippen molar-refractivity contribution in [2.45, 2.75) is 28.9 Å². The Morgan fingerprint density at radius 2 is 1.92 bits per heavy atom. The van der Waals surface area contributed by atoms with E-state index in [1.807, 2.05) is 0 Å². The van der Waals surface area contributed by atoms with Crippen molar-refractivity contribution in [1.82, 2.24) is 0 Å². The highest BCUT2D eigenvalue weighted by Gasteiger charge is 2.03. The van der Waals surface area contributed by atoms with Gasteiger partial charge in [-0.15, -0.1) is 8.60 Å². The normalized spacial score (nSPS) is 12.2. The van der Waals surface area contributed by atoms with Crippen molar-refractivity contribution < 1.29 is 0 Å². The van der Waals surface area contributed by atoms with Gasteiger partial charge in [-0.2, -0.15) is 0 Å². The summed E-state index contributed by atoms with van der Waals surface area (Å²) in [5.74, 6) is 0. The summed E-state index contributed by atoms with van der Waals surface area (Å²) in [6, 6.07) is 10.9. The molecule has 0 nitrogen and oxygen atoms in total.